The largest absolute Gasteiger partial charge is 0.507 e. The molecule has 1 amide bonds. The summed E-state index contributed by atoms with van der Waals surface area (Å²) in [6.45, 7) is 7.30. The Kier molecular flexibility index (Phi) is 5.25. The van der Waals surface area contributed by atoms with Gasteiger partial charge >= 0.3 is 0 Å². The number of amides is 1. The second-order valence-electron chi connectivity index (χ2n) is 7.27. The van der Waals surface area contributed by atoms with Gasteiger partial charge in [0, 0.05) is 31.9 Å². The van der Waals surface area contributed by atoms with Gasteiger partial charge in [0.25, 0.3) is 11.7 Å². The fourth-order valence-electron chi connectivity index (χ4n) is 3.96. The summed E-state index contributed by atoms with van der Waals surface area (Å²) in [5.74, 6) is -1.15. The number of aliphatic hydroxyl groups is 1. The number of carbonyl (C=O) groups is 2. The van der Waals surface area contributed by atoms with E-state index < -0.39 is 17.7 Å². The summed E-state index contributed by atoms with van der Waals surface area (Å²) < 4.78 is 10.9. The highest BCUT2D eigenvalue weighted by molar-refractivity contribution is 6.46. The Morgan fingerprint density at radius 2 is 2.03 bits per heavy atom. The SMILES string of the molecule is Cc1n[nH]c(C)c1/C(O)=C1\C(=O)C(=O)N(CCN2CCOCC2)[C@@H]1c1ccco1. The molecule has 0 radical (unpaired) electrons. The van der Waals surface area contributed by atoms with Crippen LogP contribution in [-0.2, 0) is 14.3 Å². The van der Waals surface area contributed by atoms with Crippen LogP contribution in [0.25, 0.3) is 5.76 Å². The van der Waals surface area contributed by atoms with E-state index in [0.29, 0.717) is 49.0 Å². The molecule has 0 aliphatic carbocycles. The predicted molar refractivity (Wildman–Crippen MR) is 103 cm³/mol. The normalized spacial score (nSPS) is 22.6. The number of aliphatic hydroxyl groups excluding tert-OH is 1. The number of ether oxygens (including phenoxy) is 1. The Morgan fingerprint density at radius 3 is 2.66 bits per heavy atom. The zero-order valence-electron chi connectivity index (χ0n) is 16.5. The molecule has 2 fully saturated rings. The van der Waals surface area contributed by atoms with E-state index in [1.54, 1.807) is 26.0 Å². The topological polar surface area (TPSA) is 112 Å². The number of Topliss-reactive ketones (excluding diaryl/α,β-unsaturated/α-hetero) is 1. The second-order valence-corrected chi connectivity index (χ2v) is 7.27. The lowest BCUT2D eigenvalue weighted by Crippen LogP contribution is -2.42. The maximum Gasteiger partial charge on any atom is 0.295 e. The van der Waals surface area contributed by atoms with Crippen molar-refractivity contribution in [3.63, 3.8) is 0 Å². The second kappa shape index (κ2) is 7.84. The van der Waals surface area contributed by atoms with Crippen molar-refractivity contribution in [2.75, 3.05) is 39.4 Å². The van der Waals surface area contributed by atoms with Crippen LogP contribution in [0.2, 0.25) is 0 Å². The maximum atomic E-state index is 12.9. The van der Waals surface area contributed by atoms with Crippen LogP contribution < -0.4 is 0 Å². The van der Waals surface area contributed by atoms with Crippen LogP contribution in [0.5, 0.6) is 0 Å². The van der Waals surface area contributed by atoms with Gasteiger partial charge in [-0.25, -0.2) is 0 Å². The number of likely N-dealkylation sites (tertiary alicyclic amines) is 1. The van der Waals surface area contributed by atoms with Crippen molar-refractivity contribution >= 4 is 17.4 Å². The highest BCUT2D eigenvalue weighted by Crippen LogP contribution is 2.40. The zero-order valence-corrected chi connectivity index (χ0v) is 16.5. The summed E-state index contributed by atoms with van der Waals surface area (Å²) in [4.78, 5) is 29.4. The maximum absolute atomic E-state index is 12.9. The van der Waals surface area contributed by atoms with Gasteiger partial charge in [0.2, 0.25) is 0 Å². The Labute approximate surface area is 167 Å². The van der Waals surface area contributed by atoms with E-state index in [-0.39, 0.29) is 11.3 Å². The van der Waals surface area contributed by atoms with Crippen molar-refractivity contribution < 1.29 is 23.8 Å². The van der Waals surface area contributed by atoms with Crippen LogP contribution in [-0.4, -0.2) is 76.2 Å². The first kappa shape index (κ1) is 19.4. The van der Waals surface area contributed by atoms with Gasteiger partial charge in [-0.15, -0.1) is 0 Å². The molecule has 1 atom stereocenters. The standard InChI is InChI=1S/C20H24N4O5/c1-12-15(13(2)22-21-12)18(25)16-17(14-4-3-9-29-14)24(20(27)19(16)26)6-5-23-7-10-28-11-8-23/h3-4,9,17,25H,5-8,10-11H2,1-2H3,(H,21,22)/b18-16+/t17-/m1/s1. The number of ketones is 1. The Hall–Kier alpha value is -2.91. The summed E-state index contributed by atoms with van der Waals surface area (Å²) in [5, 5.41) is 17.9. The Bertz CT molecular complexity index is 921. The van der Waals surface area contributed by atoms with Crippen LogP contribution >= 0.6 is 0 Å². The molecule has 29 heavy (non-hydrogen) atoms. The van der Waals surface area contributed by atoms with E-state index in [4.69, 9.17) is 9.15 Å². The van der Waals surface area contributed by atoms with Crippen molar-refractivity contribution in [2.45, 2.75) is 19.9 Å². The molecule has 2 aromatic rings. The van der Waals surface area contributed by atoms with Gasteiger partial charge < -0.3 is 19.2 Å². The van der Waals surface area contributed by atoms with Gasteiger partial charge in [0.15, 0.2) is 0 Å². The molecule has 0 spiro atoms. The number of furan rings is 1. The molecule has 9 nitrogen and oxygen atoms in total. The zero-order chi connectivity index (χ0) is 20.5. The summed E-state index contributed by atoms with van der Waals surface area (Å²) in [7, 11) is 0. The van der Waals surface area contributed by atoms with Gasteiger partial charge in [-0.05, 0) is 26.0 Å². The molecule has 4 heterocycles. The highest BCUT2D eigenvalue weighted by atomic mass is 16.5. The average molecular weight is 400 g/mol. The molecule has 2 aliphatic heterocycles. The number of aryl methyl sites for hydroxylation is 2. The van der Waals surface area contributed by atoms with Crippen LogP contribution in [0.3, 0.4) is 0 Å². The number of hydrogen-bond donors (Lipinski definition) is 2. The van der Waals surface area contributed by atoms with Crippen molar-refractivity contribution in [2.24, 2.45) is 0 Å². The molecule has 0 saturated carbocycles. The van der Waals surface area contributed by atoms with E-state index in [2.05, 4.69) is 15.1 Å². The van der Waals surface area contributed by atoms with Crippen LogP contribution in [0, 0.1) is 13.8 Å². The van der Waals surface area contributed by atoms with Crippen molar-refractivity contribution in [3.8, 4) is 0 Å². The van der Waals surface area contributed by atoms with E-state index in [0.717, 1.165) is 13.1 Å². The number of H-pyrrole nitrogens is 1. The summed E-state index contributed by atoms with van der Waals surface area (Å²) in [5.41, 5.74) is 1.64. The lowest BCUT2D eigenvalue weighted by atomic mass is 9.98. The minimum Gasteiger partial charge on any atom is -0.507 e. The molecule has 0 bridgehead atoms. The molecular formula is C20H24N4O5. The fourth-order valence-corrected chi connectivity index (χ4v) is 3.96. The molecule has 0 unspecified atom stereocenters. The monoisotopic (exact) mass is 400 g/mol. The van der Waals surface area contributed by atoms with E-state index in [1.807, 2.05) is 0 Å². The number of morpholine rings is 1. The van der Waals surface area contributed by atoms with Crippen LogP contribution in [0.15, 0.2) is 28.4 Å². The lowest BCUT2D eigenvalue weighted by molar-refractivity contribution is -0.140. The van der Waals surface area contributed by atoms with Gasteiger partial charge in [-0.2, -0.15) is 5.10 Å². The summed E-state index contributed by atoms with van der Waals surface area (Å²) >= 11 is 0. The Balaban J connectivity index is 1.72. The fraction of sp³-hybridized carbons (Fsp3) is 0.450. The molecule has 2 saturated heterocycles. The number of rotatable bonds is 5. The van der Waals surface area contributed by atoms with Gasteiger partial charge in [-0.3, -0.25) is 19.6 Å². The first-order valence-electron chi connectivity index (χ1n) is 9.63. The number of nitrogens with one attached hydrogen (secondary N) is 1. The van der Waals surface area contributed by atoms with E-state index in [9.17, 15) is 14.7 Å². The molecule has 2 N–H and O–H groups in total. The third-order valence-corrected chi connectivity index (χ3v) is 5.48. The van der Waals surface area contributed by atoms with Crippen LogP contribution in [0.4, 0.5) is 0 Å². The minimum atomic E-state index is -0.778. The third-order valence-electron chi connectivity index (χ3n) is 5.48. The molecule has 4 rings (SSSR count). The number of hydrogen-bond acceptors (Lipinski definition) is 7. The molecule has 154 valence electrons. The molecule has 9 heteroatoms. The number of carbonyl (C=O) groups excluding carboxylic acids is 2. The summed E-state index contributed by atoms with van der Waals surface area (Å²) in [6, 6.07) is 2.63. The number of aromatic amines is 1. The quantitative estimate of drug-likeness (QED) is 0.443. The average Bonchev–Trinajstić information content (AvgIpc) is 3.41. The Morgan fingerprint density at radius 1 is 1.28 bits per heavy atom. The molecular weight excluding hydrogens is 376 g/mol. The van der Waals surface area contributed by atoms with E-state index in [1.165, 1.54) is 11.2 Å². The van der Waals surface area contributed by atoms with Gasteiger partial charge in [0.1, 0.15) is 17.6 Å². The van der Waals surface area contributed by atoms with Gasteiger partial charge in [0.05, 0.1) is 36.3 Å². The third kappa shape index (κ3) is 3.47. The number of aromatic nitrogens is 2. The van der Waals surface area contributed by atoms with Gasteiger partial charge in [-0.1, -0.05) is 0 Å². The van der Waals surface area contributed by atoms with Crippen molar-refractivity contribution in [3.05, 3.63) is 46.7 Å². The predicted octanol–water partition coefficient (Wildman–Crippen LogP) is 1.37. The lowest BCUT2D eigenvalue weighted by Gasteiger charge is -2.30. The number of nitrogens with zero attached hydrogens (tertiary/aromatic N) is 3. The highest BCUT2D eigenvalue weighted by Gasteiger charge is 2.47. The molecule has 2 aliphatic rings. The first-order chi connectivity index (χ1) is 14.0. The smallest absolute Gasteiger partial charge is 0.295 e. The first-order valence-corrected chi connectivity index (χ1v) is 9.63. The van der Waals surface area contributed by atoms with Crippen LogP contribution in [0.1, 0.15) is 28.8 Å². The van der Waals surface area contributed by atoms with Crippen molar-refractivity contribution in [1.82, 2.24) is 20.0 Å². The van der Waals surface area contributed by atoms with E-state index >= 15 is 0 Å². The summed E-state index contributed by atoms with van der Waals surface area (Å²) in [6.07, 6.45) is 1.49. The molecule has 0 aromatic carbocycles. The van der Waals surface area contributed by atoms with Crippen molar-refractivity contribution in [1.29, 1.82) is 0 Å². The molecule has 2 aromatic heterocycles. The minimum absolute atomic E-state index is 0.0273.